The molecule has 0 aromatic heterocycles. The first-order chi connectivity index (χ1) is 15.8. The summed E-state index contributed by atoms with van der Waals surface area (Å²) in [6.07, 6.45) is 12.5. The van der Waals surface area contributed by atoms with Gasteiger partial charge in [0.05, 0.1) is 59.5 Å². The third-order valence-electron chi connectivity index (χ3n) is 4.86. The predicted octanol–water partition coefficient (Wildman–Crippen LogP) is 4.94. The zero-order chi connectivity index (χ0) is 23.4. The number of ether oxygens (including phenoxy) is 6. The highest BCUT2D eigenvalue weighted by Crippen LogP contribution is 2.05. The van der Waals surface area contributed by atoms with Crippen LogP contribution < -0.4 is 0 Å². The lowest BCUT2D eigenvalue weighted by Crippen LogP contribution is -2.15. The summed E-state index contributed by atoms with van der Waals surface area (Å²) in [6.45, 7) is 10.4. The van der Waals surface area contributed by atoms with Gasteiger partial charge in [-0.15, -0.1) is 0 Å². The van der Waals surface area contributed by atoms with Crippen LogP contribution in [-0.2, 0) is 33.2 Å². The summed E-state index contributed by atoms with van der Waals surface area (Å²) in [4.78, 5) is 11.5. The standard InChI is InChI=1S/C25H50O7/c1-3-5-7-9-10-12-14-27-15-16-28-17-18-29-19-20-30-21-22-31-23-24-32-25(26)13-11-8-6-4-2/h3-24H2,1-2H3. The van der Waals surface area contributed by atoms with Gasteiger partial charge < -0.3 is 28.4 Å². The molecule has 0 aromatic carbocycles. The van der Waals surface area contributed by atoms with Gasteiger partial charge in [0, 0.05) is 13.0 Å². The first-order valence-electron chi connectivity index (χ1n) is 12.9. The predicted molar refractivity (Wildman–Crippen MR) is 127 cm³/mol. The van der Waals surface area contributed by atoms with Crippen LogP contribution in [0.15, 0.2) is 0 Å². The third kappa shape index (κ3) is 27.3. The number of hydrogen-bond donors (Lipinski definition) is 0. The summed E-state index contributed by atoms with van der Waals surface area (Å²) < 4.78 is 32.4. The topological polar surface area (TPSA) is 72.5 Å². The van der Waals surface area contributed by atoms with Crippen molar-refractivity contribution < 1.29 is 33.2 Å². The molecule has 0 radical (unpaired) electrons. The lowest BCUT2D eigenvalue weighted by atomic mass is 10.1. The second-order valence-corrected chi connectivity index (χ2v) is 7.86. The Labute approximate surface area is 196 Å². The van der Waals surface area contributed by atoms with E-state index in [1.807, 2.05) is 0 Å². The number of hydrogen-bond acceptors (Lipinski definition) is 7. The van der Waals surface area contributed by atoms with Crippen LogP contribution in [0.4, 0.5) is 0 Å². The maximum atomic E-state index is 11.5. The Kier molecular flexibility index (Phi) is 27.7. The van der Waals surface area contributed by atoms with Gasteiger partial charge in [0.1, 0.15) is 6.61 Å². The van der Waals surface area contributed by atoms with E-state index in [1.54, 1.807) is 0 Å². The lowest BCUT2D eigenvalue weighted by molar-refractivity contribution is -0.145. The molecule has 7 nitrogen and oxygen atoms in total. The Morgan fingerprint density at radius 1 is 0.438 bits per heavy atom. The van der Waals surface area contributed by atoms with Crippen molar-refractivity contribution in [1.82, 2.24) is 0 Å². The molecular formula is C25H50O7. The molecule has 0 aliphatic heterocycles. The molecule has 0 fully saturated rings. The van der Waals surface area contributed by atoms with E-state index < -0.39 is 0 Å². The van der Waals surface area contributed by atoms with Gasteiger partial charge in [0.2, 0.25) is 0 Å². The van der Waals surface area contributed by atoms with Crippen molar-refractivity contribution in [2.45, 2.75) is 84.5 Å². The molecule has 0 spiro atoms. The molecule has 0 aliphatic rings. The number of carbonyl (C=O) groups is 1. The Balaban J connectivity index is 3.07. The highest BCUT2D eigenvalue weighted by Gasteiger charge is 2.02. The van der Waals surface area contributed by atoms with Gasteiger partial charge in [0.15, 0.2) is 0 Å². The van der Waals surface area contributed by atoms with Gasteiger partial charge in [0.25, 0.3) is 0 Å². The Morgan fingerprint density at radius 3 is 1.31 bits per heavy atom. The van der Waals surface area contributed by atoms with Crippen LogP contribution in [0.3, 0.4) is 0 Å². The number of unbranched alkanes of at least 4 members (excludes halogenated alkanes) is 8. The molecule has 0 aromatic rings. The fourth-order valence-corrected chi connectivity index (χ4v) is 2.95. The van der Waals surface area contributed by atoms with Crippen LogP contribution in [0, 0.1) is 0 Å². The zero-order valence-electron chi connectivity index (χ0n) is 20.9. The highest BCUT2D eigenvalue weighted by molar-refractivity contribution is 5.69. The van der Waals surface area contributed by atoms with E-state index in [-0.39, 0.29) is 5.97 Å². The molecule has 0 saturated heterocycles. The zero-order valence-corrected chi connectivity index (χ0v) is 20.9. The minimum atomic E-state index is -0.136. The smallest absolute Gasteiger partial charge is 0.305 e. The monoisotopic (exact) mass is 462 g/mol. The van der Waals surface area contributed by atoms with Crippen molar-refractivity contribution in [2.24, 2.45) is 0 Å². The van der Waals surface area contributed by atoms with E-state index in [9.17, 15) is 4.79 Å². The van der Waals surface area contributed by atoms with Crippen LogP contribution >= 0.6 is 0 Å². The van der Waals surface area contributed by atoms with Crippen molar-refractivity contribution in [1.29, 1.82) is 0 Å². The minimum Gasteiger partial charge on any atom is -0.463 e. The van der Waals surface area contributed by atoms with E-state index in [0.717, 1.165) is 25.9 Å². The Bertz CT molecular complexity index is 366. The van der Waals surface area contributed by atoms with Gasteiger partial charge in [-0.2, -0.15) is 0 Å². The second kappa shape index (κ2) is 28.3. The molecule has 192 valence electrons. The van der Waals surface area contributed by atoms with E-state index in [1.165, 1.54) is 44.9 Å². The minimum absolute atomic E-state index is 0.136. The molecule has 0 atom stereocenters. The summed E-state index contributed by atoms with van der Waals surface area (Å²) >= 11 is 0. The van der Waals surface area contributed by atoms with Crippen LogP contribution in [0.5, 0.6) is 0 Å². The van der Waals surface area contributed by atoms with E-state index in [0.29, 0.717) is 72.5 Å². The average Bonchev–Trinajstić information content (AvgIpc) is 2.80. The van der Waals surface area contributed by atoms with Gasteiger partial charge in [-0.05, 0) is 12.8 Å². The lowest BCUT2D eigenvalue weighted by Gasteiger charge is -2.08. The maximum absolute atomic E-state index is 11.5. The molecular weight excluding hydrogens is 412 g/mol. The molecule has 0 bridgehead atoms. The Hall–Kier alpha value is -0.730. The molecule has 0 N–H and O–H groups in total. The summed E-state index contributed by atoms with van der Waals surface area (Å²) in [6, 6.07) is 0. The van der Waals surface area contributed by atoms with Crippen molar-refractivity contribution in [2.75, 3.05) is 72.7 Å². The third-order valence-corrected chi connectivity index (χ3v) is 4.86. The summed E-state index contributed by atoms with van der Waals surface area (Å²) in [5.74, 6) is -0.136. The van der Waals surface area contributed by atoms with Crippen LogP contribution in [-0.4, -0.2) is 78.6 Å². The van der Waals surface area contributed by atoms with E-state index in [2.05, 4.69) is 13.8 Å². The molecule has 32 heavy (non-hydrogen) atoms. The van der Waals surface area contributed by atoms with Crippen LogP contribution in [0.1, 0.15) is 84.5 Å². The van der Waals surface area contributed by atoms with Crippen molar-refractivity contribution in [3.8, 4) is 0 Å². The highest BCUT2D eigenvalue weighted by atomic mass is 16.6. The number of rotatable bonds is 27. The Morgan fingerprint density at radius 2 is 0.812 bits per heavy atom. The molecule has 0 saturated carbocycles. The second-order valence-electron chi connectivity index (χ2n) is 7.86. The molecule has 0 heterocycles. The van der Waals surface area contributed by atoms with Gasteiger partial charge in [-0.25, -0.2) is 0 Å². The molecule has 0 unspecified atom stereocenters. The SMILES string of the molecule is CCCCCCCCOCCOCCOCCOCCOCCOC(=O)CCCCCC. The summed E-state index contributed by atoms with van der Waals surface area (Å²) in [5, 5.41) is 0. The number of esters is 1. The van der Waals surface area contributed by atoms with Crippen LogP contribution in [0.25, 0.3) is 0 Å². The molecule has 0 aliphatic carbocycles. The van der Waals surface area contributed by atoms with Crippen molar-refractivity contribution in [3.63, 3.8) is 0 Å². The van der Waals surface area contributed by atoms with E-state index >= 15 is 0 Å². The van der Waals surface area contributed by atoms with Gasteiger partial charge >= 0.3 is 5.97 Å². The average molecular weight is 463 g/mol. The normalized spacial score (nSPS) is 11.2. The summed E-state index contributed by atoms with van der Waals surface area (Å²) in [5.41, 5.74) is 0. The van der Waals surface area contributed by atoms with Gasteiger partial charge in [-0.3, -0.25) is 4.79 Å². The quantitative estimate of drug-likeness (QED) is 0.126. The van der Waals surface area contributed by atoms with E-state index in [4.69, 9.17) is 28.4 Å². The molecule has 0 rings (SSSR count). The van der Waals surface area contributed by atoms with Crippen LogP contribution in [0.2, 0.25) is 0 Å². The largest absolute Gasteiger partial charge is 0.463 e. The number of carbonyl (C=O) groups excluding carboxylic acids is 1. The van der Waals surface area contributed by atoms with Crippen molar-refractivity contribution in [3.05, 3.63) is 0 Å². The molecule has 0 amide bonds. The first kappa shape index (κ1) is 31.3. The fraction of sp³-hybridized carbons (Fsp3) is 0.960. The fourth-order valence-electron chi connectivity index (χ4n) is 2.95. The summed E-state index contributed by atoms with van der Waals surface area (Å²) in [7, 11) is 0. The first-order valence-corrected chi connectivity index (χ1v) is 12.9. The maximum Gasteiger partial charge on any atom is 0.305 e. The van der Waals surface area contributed by atoms with Crippen molar-refractivity contribution >= 4 is 5.97 Å². The molecule has 7 heteroatoms. The van der Waals surface area contributed by atoms with Gasteiger partial charge in [-0.1, -0.05) is 65.2 Å².